The monoisotopic (exact) mass is 203 g/mol. The maximum atomic E-state index is 11.3. The summed E-state index contributed by atoms with van der Waals surface area (Å²) < 4.78 is 0. The lowest BCUT2D eigenvalue weighted by atomic mass is 10.4. The first-order valence-corrected chi connectivity index (χ1v) is 4.99. The van der Waals surface area contributed by atoms with Crippen molar-refractivity contribution in [1.29, 1.82) is 0 Å². The summed E-state index contributed by atoms with van der Waals surface area (Å²) >= 11 is 0. The Morgan fingerprint density at radius 2 is 2.40 bits per heavy atom. The molecule has 1 aliphatic rings. The molecule has 0 saturated heterocycles. The quantitative estimate of drug-likeness (QED) is 0.790. The number of nitrogens with zero attached hydrogens (tertiary/aromatic N) is 1. The van der Waals surface area contributed by atoms with Crippen LogP contribution in [0.2, 0.25) is 0 Å². The zero-order valence-electron chi connectivity index (χ0n) is 8.31. The molecule has 0 bridgehead atoms. The number of rotatable bonds is 3. The van der Waals surface area contributed by atoms with Crippen molar-refractivity contribution in [3.63, 3.8) is 0 Å². The summed E-state index contributed by atoms with van der Waals surface area (Å²) in [6, 6.07) is 3.33. The summed E-state index contributed by atoms with van der Waals surface area (Å²) in [5.41, 5.74) is 0.690. The van der Waals surface area contributed by atoms with Gasteiger partial charge in [-0.3, -0.25) is 4.98 Å². The van der Waals surface area contributed by atoms with Gasteiger partial charge in [-0.15, -0.1) is 0 Å². The van der Waals surface area contributed by atoms with Crippen LogP contribution in [0, 0.1) is 5.92 Å². The number of hydrogen-bond donors (Lipinski definition) is 2. The van der Waals surface area contributed by atoms with E-state index in [1.165, 1.54) is 12.8 Å². The minimum atomic E-state index is -0.236. The fraction of sp³-hybridized carbons (Fsp3) is 0.273. The van der Waals surface area contributed by atoms with Crippen molar-refractivity contribution in [3.05, 3.63) is 36.8 Å². The van der Waals surface area contributed by atoms with Crippen molar-refractivity contribution in [2.45, 2.75) is 12.8 Å². The fourth-order valence-corrected chi connectivity index (χ4v) is 1.15. The first-order chi connectivity index (χ1) is 7.34. The zero-order chi connectivity index (χ0) is 10.5. The Morgan fingerprint density at radius 1 is 1.53 bits per heavy atom. The highest BCUT2D eigenvalue weighted by atomic mass is 16.2. The Labute approximate surface area is 88.4 Å². The van der Waals surface area contributed by atoms with Gasteiger partial charge >= 0.3 is 6.03 Å². The van der Waals surface area contributed by atoms with Crippen molar-refractivity contribution in [2.75, 3.05) is 5.32 Å². The molecular formula is C11H13N3O. The lowest BCUT2D eigenvalue weighted by Gasteiger charge is -2.02. The second-order valence-electron chi connectivity index (χ2n) is 3.54. The van der Waals surface area contributed by atoms with Crippen LogP contribution in [0.1, 0.15) is 12.8 Å². The number of aromatic nitrogens is 1. The number of pyridine rings is 1. The molecule has 2 rings (SSSR count). The molecule has 4 heteroatoms. The normalized spacial score (nSPS) is 15.2. The number of nitrogens with one attached hydrogen (secondary N) is 2. The molecule has 2 N–H and O–H groups in total. The molecular weight excluding hydrogens is 190 g/mol. The summed E-state index contributed by atoms with van der Waals surface area (Å²) in [6.07, 6.45) is 9.46. The minimum absolute atomic E-state index is 0.236. The third kappa shape index (κ3) is 3.42. The summed E-state index contributed by atoms with van der Waals surface area (Å²) in [4.78, 5) is 15.2. The molecule has 4 nitrogen and oxygen atoms in total. The molecule has 78 valence electrons. The summed E-state index contributed by atoms with van der Waals surface area (Å²) in [5.74, 6) is 0.670. The fourth-order valence-electron chi connectivity index (χ4n) is 1.15. The highest BCUT2D eigenvalue weighted by Crippen LogP contribution is 2.29. The van der Waals surface area contributed by atoms with Crippen LogP contribution in [0.3, 0.4) is 0 Å². The number of allylic oxidation sites excluding steroid dienone is 1. The van der Waals surface area contributed by atoms with E-state index in [-0.39, 0.29) is 6.03 Å². The molecule has 0 radical (unpaired) electrons. The predicted molar refractivity (Wildman–Crippen MR) is 58.3 cm³/mol. The third-order valence-electron chi connectivity index (χ3n) is 2.12. The van der Waals surface area contributed by atoms with Gasteiger partial charge in [0.25, 0.3) is 0 Å². The standard InChI is InChI=1S/C11H13N3O/c15-11(13-7-5-9-3-4-9)14-10-2-1-6-12-8-10/h1-2,5-9H,3-4H2,(H2,13,14,15)/b7-5+. The first kappa shape index (κ1) is 9.71. The van der Waals surface area contributed by atoms with E-state index in [1.54, 1.807) is 30.7 Å². The number of carbonyl (C=O) groups is 1. The van der Waals surface area contributed by atoms with E-state index in [2.05, 4.69) is 15.6 Å². The van der Waals surface area contributed by atoms with Crippen LogP contribution in [0.15, 0.2) is 36.8 Å². The van der Waals surface area contributed by atoms with Crippen LogP contribution in [0.4, 0.5) is 10.5 Å². The summed E-state index contributed by atoms with van der Waals surface area (Å²) in [7, 11) is 0. The first-order valence-electron chi connectivity index (χ1n) is 4.99. The third-order valence-corrected chi connectivity index (χ3v) is 2.12. The van der Waals surface area contributed by atoms with E-state index in [0.717, 1.165) is 0 Å². The molecule has 0 unspecified atom stereocenters. The molecule has 2 amide bonds. The van der Waals surface area contributed by atoms with E-state index in [9.17, 15) is 4.79 Å². The Bertz CT molecular complexity index is 357. The summed E-state index contributed by atoms with van der Waals surface area (Å²) in [5, 5.41) is 5.32. The number of hydrogen-bond acceptors (Lipinski definition) is 2. The summed E-state index contributed by atoms with van der Waals surface area (Å²) in [6.45, 7) is 0. The van der Waals surface area contributed by atoms with Gasteiger partial charge in [0.15, 0.2) is 0 Å². The topological polar surface area (TPSA) is 54.0 Å². The van der Waals surface area contributed by atoms with Crippen molar-refractivity contribution in [1.82, 2.24) is 10.3 Å². The highest BCUT2D eigenvalue weighted by molar-refractivity contribution is 5.89. The van der Waals surface area contributed by atoms with Gasteiger partial charge in [0.1, 0.15) is 0 Å². The second kappa shape index (κ2) is 4.59. The molecule has 1 heterocycles. The van der Waals surface area contributed by atoms with Crippen molar-refractivity contribution in [2.24, 2.45) is 5.92 Å². The minimum Gasteiger partial charge on any atom is -0.315 e. The lowest BCUT2D eigenvalue weighted by Crippen LogP contribution is -2.23. The van der Waals surface area contributed by atoms with Gasteiger partial charge in [-0.25, -0.2) is 4.79 Å². The van der Waals surface area contributed by atoms with Crippen LogP contribution < -0.4 is 10.6 Å². The van der Waals surface area contributed by atoms with Crippen LogP contribution >= 0.6 is 0 Å². The van der Waals surface area contributed by atoms with E-state index in [1.807, 2.05) is 6.08 Å². The van der Waals surface area contributed by atoms with Gasteiger partial charge in [0.2, 0.25) is 0 Å². The van der Waals surface area contributed by atoms with Gasteiger partial charge in [0, 0.05) is 12.4 Å². The van der Waals surface area contributed by atoms with E-state index < -0.39 is 0 Å². The van der Waals surface area contributed by atoms with Crippen LogP contribution in [-0.4, -0.2) is 11.0 Å². The van der Waals surface area contributed by atoms with Crippen LogP contribution in [0.25, 0.3) is 0 Å². The molecule has 1 saturated carbocycles. The number of amides is 2. The van der Waals surface area contributed by atoms with Gasteiger partial charge in [0.05, 0.1) is 11.9 Å². The maximum absolute atomic E-state index is 11.3. The maximum Gasteiger partial charge on any atom is 0.323 e. The Hall–Kier alpha value is -1.84. The molecule has 0 atom stereocenters. The Kier molecular flexibility index (Phi) is 2.97. The largest absolute Gasteiger partial charge is 0.323 e. The lowest BCUT2D eigenvalue weighted by molar-refractivity contribution is 0.255. The molecule has 0 aromatic carbocycles. The number of urea groups is 1. The van der Waals surface area contributed by atoms with Gasteiger partial charge < -0.3 is 10.6 Å². The average Bonchev–Trinajstić information content (AvgIpc) is 3.03. The van der Waals surface area contributed by atoms with Crippen molar-refractivity contribution in [3.8, 4) is 0 Å². The van der Waals surface area contributed by atoms with Crippen LogP contribution in [0.5, 0.6) is 0 Å². The smallest absolute Gasteiger partial charge is 0.315 e. The Morgan fingerprint density at radius 3 is 3.07 bits per heavy atom. The second-order valence-corrected chi connectivity index (χ2v) is 3.54. The van der Waals surface area contributed by atoms with E-state index in [4.69, 9.17) is 0 Å². The van der Waals surface area contributed by atoms with Gasteiger partial charge in [-0.1, -0.05) is 6.08 Å². The molecule has 1 aromatic rings. The predicted octanol–water partition coefficient (Wildman–Crippen LogP) is 2.13. The van der Waals surface area contributed by atoms with E-state index in [0.29, 0.717) is 11.6 Å². The van der Waals surface area contributed by atoms with Crippen molar-refractivity contribution >= 4 is 11.7 Å². The molecule has 1 aliphatic carbocycles. The van der Waals surface area contributed by atoms with Gasteiger partial charge in [-0.2, -0.15) is 0 Å². The Balaban J connectivity index is 1.76. The van der Waals surface area contributed by atoms with Crippen LogP contribution in [-0.2, 0) is 0 Å². The molecule has 1 aromatic heterocycles. The molecule has 0 aliphatic heterocycles. The number of carbonyl (C=O) groups excluding carboxylic acids is 1. The molecule has 1 fully saturated rings. The highest BCUT2D eigenvalue weighted by Gasteiger charge is 2.16. The van der Waals surface area contributed by atoms with Crippen molar-refractivity contribution < 1.29 is 4.79 Å². The molecule has 15 heavy (non-hydrogen) atoms. The van der Waals surface area contributed by atoms with E-state index >= 15 is 0 Å². The number of anilines is 1. The zero-order valence-corrected chi connectivity index (χ0v) is 8.31. The SMILES string of the molecule is O=C(N/C=C/C1CC1)Nc1cccnc1. The molecule has 0 spiro atoms. The van der Waals surface area contributed by atoms with Gasteiger partial charge in [-0.05, 0) is 30.9 Å². The average molecular weight is 203 g/mol.